The molecule has 3 saturated carbocycles. The molecule has 1 aliphatic heterocycles. The van der Waals surface area contributed by atoms with Crippen LogP contribution in [0.15, 0.2) is 0 Å². The van der Waals surface area contributed by atoms with Gasteiger partial charge in [0.15, 0.2) is 0 Å². The Morgan fingerprint density at radius 3 is 3.06 bits per heavy atom. The van der Waals surface area contributed by atoms with Crippen LogP contribution in [0.3, 0.4) is 0 Å². The highest BCUT2D eigenvalue weighted by Gasteiger charge is 2.72. The molecule has 1 heterocycles. The minimum Gasteiger partial charge on any atom is -0.462 e. The number of rotatable bonds is 2. The molecule has 6 atom stereocenters. The van der Waals surface area contributed by atoms with Gasteiger partial charge in [0.05, 0.1) is 11.5 Å². The van der Waals surface area contributed by atoms with E-state index < -0.39 is 0 Å². The number of hydrogen-bond acceptors (Lipinski definition) is 4. The molecule has 4 fully saturated rings. The van der Waals surface area contributed by atoms with Gasteiger partial charge >= 0.3 is 5.97 Å². The van der Waals surface area contributed by atoms with Crippen molar-refractivity contribution < 1.29 is 14.3 Å². The third kappa shape index (κ3) is 1.13. The van der Waals surface area contributed by atoms with Crippen molar-refractivity contribution in [1.29, 1.82) is 0 Å². The first-order valence-corrected chi connectivity index (χ1v) is 6.67. The van der Waals surface area contributed by atoms with E-state index in [1.165, 1.54) is 0 Å². The summed E-state index contributed by atoms with van der Waals surface area (Å²) >= 11 is 0. The van der Waals surface area contributed by atoms with E-state index in [4.69, 9.17) is 15.2 Å². The molecule has 4 rings (SSSR count). The molecular weight excluding hydrogens is 218 g/mol. The van der Waals surface area contributed by atoms with Gasteiger partial charge < -0.3 is 15.2 Å². The van der Waals surface area contributed by atoms with Gasteiger partial charge in [0, 0.05) is 5.41 Å². The summed E-state index contributed by atoms with van der Waals surface area (Å²) in [5.74, 6) is 0.761. The lowest BCUT2D eigenvalue weighted by molar-refractivity contribution is -0.222. The Balaban J connectivity index is 1.71. The summed E-state index contributed by atoms with van der Waals surface area (Å²) in [4.78, 5) is 11.9. The van der Waals surface area contributed by atoms with Crippen molar-refractivity contribution in [3.63, 3.8) is 0 Å². The molecular formula is C13H19NO3. The average Bonchev–Trinajstić information content (AvgIpc) is 2.42. The van der Waals surface area contributed by atoms with E-state index in [9.17, 15) is 4.79 Å². The molecule has 1 spiro atoms. The van der Waals surface area contributed by atoms with Crippen molar-refractivity contribution in [2.45, 2.75) is 57.0 Å². The van der Waals surface area contributed by atoms with Crippen LogP contribution in [0.5, 0.6) is 0 Å². The Hall–Kier alpha value is -0.610. The fraction of sp³-hybridized carbons (Fsp3) is 0.923. The van der Waals surface area contributed by atoms with E-state index in [1.807, 2.05) is 6.92 Å². The summed E-state index contributed by atoms with van der Waals surface area (Å²) in [6.07, 6.45) is 4.97. The molecule has 2 N–H and O–H groups in total. The molecule has 4 aliphatic rings. The zero-order chi connectivity index (χ0) is 11.8. The van der Waals surface area contributed by atoms with E-state index >= 15 is 0 Å². The highest BCUT2D eigenvalue weighted by atomic mass is 16.6. The second kappa shape index (κ2) is 2.86. The second-order valence-corrected chi connectivity index (χ2v) is 6.58. The summed E-state index contributed by atoms with van der Waals surface area (Å²) in [6.45, 7) is 1.88. The molecule has 3 aliphatic carbocycles. The minimum atomic E-state index is -0.239. The standard InChI is InChI=1S/C13H19NO3/c1-7(14)17-12-3-8-4-13(6-12)9(5-12)2-10(13)16-11(8)15/h7-10H,2-6,14H2,1H3/t7?,8?,9?,10-,12?,13?/m0/s1. The van der Waals surface area contributed by atoms with Gasteiger partial charge in [-0.05, 0) is 44.9 Å². The minimum absolute atomic E-state index is 0.00308. The van der Waals surface area contributed by atoms with Gasteiger partial charge in [0.2, 0.25) is 0 Å². The normalized spacial score (nSPS) is 56.1. The van der Waals surface area contributed by atoms with Crippen LogP contribution in [0.2, 0.25) is 0 Å². The van der Waals surface area contributed by atoms with Crippen LogP contribution in [0.25, 0.3) is 0 Å². The van der Waals surface area contributed by atoms with Crippen LogP contribution in [0, 0.1) is 17.3 Å². The summed E-state index contributed by atoms with van der Waals surface area (Å²) in [5.41, 5.74) is 5.93. The van der Waals surface area contributed by atoms with Crippen molar-refractivity contribution in [3.05, 3.63) is 0 Å². The van der Waals surface area contributed by atoms with Crippen LogP contribution in [-0.4, -0.2) is 23.9 Å². The predicted molar refractivity (Wildman–Crippen MR) is 59.8 cm³/mol. The van der Waals surface area contributed by atoms with Crippen LogP contribution < -0.4 is 5.73 Å². The fourth-order valence-electron chi connectivity index (χ4n) is 5.10. The van der Waals surface area contributed by atoms with Gasteiger partial charge in [-0.15, -0.1) is 0 Å². The monoisotopic (exact) mass is 237 g/mol. The maximum Gasteiger partial charge on any atom is 0.309 e. The molecule has 5 unspecified atom stereocenters. The molecule has 0 aromatic heterocycles. The molecule has 0 aromatic rings. The van der Waals surface area contributed by atoms with Gasteiger partial charge in [-0.25, -0.2) is 0 Å². The SMILES string of the molecule is CC(N)OC12CC3CC4(C1)C(C[C@@H]4OC3=O)C2. The maximum absolute atomic E-state index is 11.9. The zero-order valence-electron chi connectivity index (χ0n) is 10.1. The lowest BCUT2D eigenvalue weighted by Crippen LogP contribution is -2.60. The molecule has 0 amide bonds. The Kier molecular flexibility index (Phi) is 1.74. The van der Waals surface area contributed by atoms with Crippen LogP contribution in [0.4, 0.5) is 0 Å². The van der Waals surface area contributed by atoms with Crippen molar-refractivity contribution >= 4 is 5.97 Å². The third-order valence-electron chi connectivity index (χ3n) is 5.50. The Morgan fingerprint density at radius 2 is 2.29 bits per heavy atom. The summed E-state index contributed by atoms with van der Waals surface area (Å²) in [5, 5.41) is 0. The molecule has 4 nitrogen and oxygen atoms in total. The summed E-state index contributed by atoms with van der Waals surface area (Å²) in [7, 11) is 0. The van der Waals surface area contributed by atoms with Crippen LogP contribution in [0.1, 0.15) is 39.0 Å². The quantitative estimate of drug-likeness (QED) is 0.578. The van der Waals surface area contributed by atoms with E-state index in [-0.39, 0.29) is 35.2 Å². The molecule has 94 valence electrons. The topological polar surface area (TPSA) is 61.6 Å². The maximum atomic E-state index is 11.9. The Labute approximate surface area is 101 Å². The summed E-state index contributed by atoms with van der Waals surface area (Å²) in [6, 6.07) is 0. The van der Waals surface area contributed by atoms with Crippen molar-refractivity contribution in [2.75, 3.05) is 0 Å². The fourth-order valence-corrected chi connectivity index (χ4v) is 5.10. The highest BCUT2D eigenvalue weighted by molar-refractivity contribution is 5.75. The molecule has 4 heteroatoms. The molecule has 17 heavy (non-hydrogen) atoms. The van der Waals surface area contributed by atoms with E-state index in [0.29, 0.717) is 5.92 Å². The largest absolute Gasteiger partial charge is 0.462 e. The first-order valence-electron chi connectivity index (χ1n) is 6.67. The number of hydrogen-bond donors (Lipinski definition) is 1. The van der Waals surface area contributed by atoms with Gasteiger partial charge in [0.25, 0.3) is 0 Å². The molecule has 0 radical (unpaired) electrons. The smallest absolute Gasteiger partial charge is 0.309 e. The number of ether oxygens (including phenoxy) is 2. The lowest BCUT2D eigenvalue weighted by atomic mass is 9.53. The highest BCUT2D eigenvalue weighted by Crippen LogP contribution is 2.71. The molecule has 1 saturated heterocycles. The Morgan fingerprint density at radius 1 is 1.47 bits per heavy atom. The third-order valence-corrected chi connectivity index (χ3v) is 5.50. The molecule has 3 bridgehead atoms. The van der Waals surface area contributed by atoms with E-state index in [1.54, 1.807) is 0 Å². The molecule has 0 aromatic carbocycles. The lowest BCUT2D eigenvalue weighted by Gasteiger charge is -2.57. The number of nitrogens with two attached hydrogens (primary N) is 1. The average molecular weight is 237 g/mol. The van der Waals surface area contributed by atoms with Gasteiger partial charge in [-0.1, -0.05) is 0 Å². The predicted octanol–water partition coefficient (Wildman–Crippen LogP) is 1.18. The Bertz CT molecular complexity index is 396. The van der Waals surface area contributed by atoms with Gasteiger partial charge in [0.1, 0.15) is 12.3 Å². The van der Waals surface area contributed by atoms with Crippen molar-refractivity contribution in [2.24, 2.45) is 23.0 Å². The number of fused-ring (bicyclic) bond motifs is 2. The van der Waals surface area contributed by atoms with Crippen LogP contribution >= 0.6 is 0 Å². The van der Waals surface area contributed by atoms with Gasteiger partial charge in [-0.2, -0.15) is 0 Å². The second-order valence-electron chi connectivity index (χ2n) is 6.58. The van der Waals surface area contributed by atoms with Crippen molar-refractivity contribution in [1.82, 2.24) is 0 Å². The zero-order valence-corrected chi connectivity index (χ0v) is 10.1. The van der Waals surface area contributed by atoms with Crippen LogP contribution in [-0.2, 0) is 14.3 Å². The first-order chi connectivity index (χ1) is 8.03. The number of carbonyl (C=O) groups is 1. The number of esters is 1. The van der Waals surface area contributed by atoms with Crippen molar-refractivity contribution in [3.8, 4) is 0 Å². The van der Waals surface area contributed by atoms with Gasteiger partial charge in [-0.3, -0.25) is 4.79 Å². The summed E-state index contributed by atoms with van der Waals surface area (Å²) < 4.78 is 11.6. The first kappa shape index (κ1) is 10.3. The number of carbonyl (C=O) groups excluding carboxylic acids is 1. The van der Waals surface area contributed by atoms with E-state index in [2.05, 4.69) is 0 Å². The van der Waals surface area contributed by atoms with E-state index in [0.717, 1.165) is 32.1 Å².